The first-order chi connectivity index (χ1) is 18.3. The Hall–Kier alpha value is -4.10. The van der Waals surface area contributed by atoms with Crippen molar-refractivity contribution < 1.29 is 14.3 Å². The van der Waals surface area contributed by atoms with Gasteiger partial charge in [-0.15, -0.1) is 0 Å². The lowest BCUT2D eigenvalue weighted by Crippen LogP contribution is -2.52. The van der Waals surface area contributed by atoms with Crippen LogP contribution in [0.4, 0.5) is 16.3 Å². The van der Waals surface area contributed by atoms with Gasteiger partial charge in [0.1, 0.15) is 17.5 Å². The molecular weight excluding hydrogens is 482 g/mol. The minimum Gasteiger partial charge on any atom is -0.444 e. The van der Waals surface area contributed by atoms with Gasteiger partial charge in [0.15, 0.2) is 0 Å². The summed E-state index contributed by atoms with van der Waals surface area (Å²) in [7, 11) is 0. The first-order valence-electron chi connectivity index (χ1n) is 12.7. The molecule has 0 aromatic carbocycles. The Kier molecular flexibility index (Phi) is 8.48. The summed E-state index contributed by atoms with van der Waals surface area (Å²) in [4.78, 5) is 34.0. The van der Waals surface area contributed by atoms with Crippen LogP contribution in [0, 0.1) is 11.3 Å². The maximum Gasteiger partial charge on any atom is 0.411 e. The molecule has 38 heavy (non-hydrogen) atoms. The second-order valence-corrected chi connectivity index (χ2v) is 10.2. The van der Waals surface area contributed by atoms with Crippen LogP contribution in [0.15, 0.2) is 46.7 Å². The van der Waals surface area contributed by atoms with Crippen LogP contribution in [0.5, 0.6) is 0 Å². The van der Waals surface area contributed by atoms with E-state index in [2.05, 4.69) is 37.6 Å². The number of carbonyl (C=O) groups excluding carboxylic acids is 1. The van der Waals surface area contributed by atoms with Crippen LogP contribution in [0.25, 0.3) is 5.70 Å². The minimum atomic E-state index is -0.583. The Bertz CT molecular complexity index is 1250. The smallest absolute Gasteiger partial charge is 0.411 e. The number of aliphatic imine (C=N–C) groups is 2. The summed E-state index contributed by atoms with van der Waals surface area (Å²) in [6.07, 6.45) is 8.52. The van der Waals surface area contributed by atoms with Crippen molar-refractivity contribution in [3.05, 3.63) is 53.5 Å². The van der Waals surface area contributed by atoms with Crippen molar-refractivity contribution in [3.8, 4) is 6.07 Å². The lowest BCUT2D eigenvalue weighted by molar-refractivity contribution is -0.0734. The molecule has 0 radical (unpaired) electrons. The molecule has 10 heteroatoms. The SMILES string of the molecule is C=N/C(=C\C=Nc1ccc(CN(C(=O)OC(C)(C)C)C2COC2)nc1)c1cnc(N2CCCC2)c(C#N)c1. The number of hydrogen-bond acceptors (Lipinski definition) is 9. The largest absolute Gasteiger partial charge is 0.444 e. The predicted octanol–water partition coefficient (Wildman–Crippen LogP) is 4.53. The van der Waals surface area contributed by atoms with Crippen LogP contribution in [0.3, 0.4) is 0 Å². The zero-order valence-electron chi connectivity index (χ0n) is 22.1. The van der Waals surface area contributed by atoms with Crippen molar-refractivity contribution in [3.63, 3.8) is 0 Å². The highest BCUT2D eigenvalue weighted by Gasteiger charge is 2.33. The lowest BCUT2D eigenvalue weighted by Gasteiger charge is -2.37. The normalized spacial score (nSPS) is 16.3. The highest BCUT2D eigenvalue weighted by Crippen LogP contribution is 2.25. The second-order valence-electron chi connectivity index (χ2n) is 10.2. The fourth-order valence-electron chi connectivity index (χ4n) is 4.12. The van der Waals surface area contributed by atoms with E-state index >= 15 is 0 Å². The van der Waals surface area contributed by atoms with Gasteiger partial charge < -0.3 is 14.4 Å². The van der Waals surface area contributed by atoms with Crippen LogP contribution in [0.1, 0.15) is 50.4 Å². The monoisotopic (exact) mass is 515 g/mol. The van der Waals surface area contributed by atoms with E-state index < -0.39 is 5.60 Å². The Morgan fingerprint density at radius 3 is 2.63 bits per heavy atom. The van der Waals surface area contributed by atoms with Crippen molar-refractivity contribution in [2.24, 2.45) is 9.98 Å². The summed E-state index contributed by atoms with van der Waals surface area (Å²) < 4.78 is 10.8. The summed E-state index contributed by atoms with van der Waals surface area (Å²) in [6, 6.07) is 7.67. The van der Waals surface area contributed by atoms with Gasteiger partial charge in [-0.1, -0.05) is 0 Å². The molecule has 10 nitrogen and oxygen atoms in total. The number of allylic oxidation sites excluding steroid dienone is 1. The van der Waals surface area contributed by atoms with Gasteiger partial charge in [0.25, 0.3) is 0 Å². The Morgan fingerprint density at radius 1 is 1.29 bits per heavy atom. The van der Waals surface area contributed by atoms with E-state index in [0.717, 1.165) is 31.6 Å². The van der Waals surface area contributed by atoms with Gasteiger partial charge in [0.05, 0.1) is 54.6 Å². The number of nitriles is 1. The zero-order chi connectivity index (χ0) is 27.1. The van der Waals surface area contributed by atoms with Gasteiger partial charge in [0.2, 0.25) is 0 Å². The molecule has 198 valence electrons. The number of amides is 1. The number of hydrogen-bond donors (Lipinski definition) is 0. The number of pyridine rings is 2. The van der Waals surface area contributed by atoms with Crippen LogP contribution >= 0.6 is 0 Å². The molecule has 0 saturated carbocycles. The molecule has 0 unspecified atom stereocenters. The number of aromatic nitrogens is 2. The molecule has 2 aromatic heterocycles. The van der Waals surface area contributed by atoms with Crippen LogP contribution in [-0.4, -0.2) is 71.8 Å². The first-order valence-corrected chi connectivity index (χ1v) is 12.7. The molecule has 2 aliphatic heterocycles. The molecule has 0 aliphatic carbocycles. The highest BCUT2D eigenvalue weighted by molar-refractivity contribution is 5.86. The molecular formula is C28H33N7O3. The van der Waals surface area contributed by atoms with Gasteiger partial charge in [-0.05, 0) is 64.6 Å². The molecule has 0 N–H and O–H groups in total. The molecule has 2 saturated heterocycles. The molecule has 0 spiro atoms. The zero-order valence-corrected chi connectivity index (χ0v) is 22.1. The Morgan fingerprint density at radius 2 is 2.05 bits per heavy atom. The summed E-state index contributed by atoms with van der Waals surface area (Å²) >= 11 is 0. The minimum absolute atomic E-state index is 0.0280. The summed E-state index contributed by atoms with van der Waals surface area (Å²) in [6.45, 7) is 12.3. The van der Waals surface area contributed by atoms with Crippen molar-refractivity contribution >= 4 is 36.2 Å². The van der Waals surface area contributed by atoms with Crippen LogP contribution in [0.2, 0.25) is 0 Å². The maximum absolute atomic E-state index is 12.7. The first kappa shape index (κ1) is 26.9. The van der Waals surface area contributed by atoms with Gasteiger partial charge in [-0.3, -0.25) is 19.9 Å². The van der Waals surface area contributed by atoms with Crippen LogP contribution < -0.4 is 4.90 Å². The van der Waals surface area contributed by atoms with Crippen molar-refractivity contribution in [2.45, 2.75) is 51.8 Å². The molecule has 4 heterocycles. The Labute approximate surface area is 223 Å². The number of carbonyl (C=O) groups is 1. The van der Waals surface area contributed by atoms with E-state index in [1.807, 2.05) is 32.9 Å². The molecule has 0 bridgehead atoms. The van der Waals surface area contributed by atoms with Crippen molar-refractivity contribution in [1.82, 2.24) is 14.9 Å². The fourth-order valence-corrected chi connectivity index (χ4v) is 4.12. The molecule has 2 aliphatic rings. The van der Waals surface area contributed by atoms with E-state index in [1.54, 1.807) is 35.7 Å². The molecule has 2 fully saturated rings. The third-order valence-corrected chi connectivity index (χ3v) is 6.15. The third-order valence-electron chi connectivity index (χ3n) is 6.15. The summed E-state index contributed by atoms with van der Waals surface area (Å²) in [5.41, 5.74) is 2.56. The molecule has 0 atom stereocenters. The average molecular weight is 516 g/mol. The average Bonchev–Trinajstić information content (AvgIpc) is 3.39. The van der Waals surface area contributed by atoms with Crippen molar-refractivity contribution in [2.75, 3.05) is 31.2 Å². The van der Waals surface area contributed by atoms with E-state index in [9.17, 15) is 10.1 Å². The quantitative estimate of drug-likeness (QED) is 0.474. The number of rotatable bonds is 8. The van der Waals surface area contributed by atoms with Gasteiger partial charge >= 0.3 is 6.09 Å². The number of anilines is 1. The second kappa shape index (κ2) is 12.0. The van der Waals surface area contributed by atoms with E-state index in [4.69, 9.17) is 9.47 Å². The van der Waals surface area contributed by atoms with Gasteiger partial charge in [-0.2, -0.15) is 5.26 Å². The van der Waals surface area contributed by atoms with Gasteiger partial charge in [0, 0.05) is 31.1 Å². The highest BCUT2D eigenvalue weighted by atomic mass is 16.6. The fraction of sp³-hybridized carbons (Fsp3) is 0.429. The molecule has 1 amide bonds. The van der Waals surface area contributed by atoms with E-state index in [-0.39, 0.29) is 12.1 Å². The summed E-state index contributed by atoms with van der Waals surface area (Å²) in [5, 5.41) is 9.64. The third kappa shape index (κ3) is 6.81. The number of ether oxygens (including phenoxy) is 2. The predicted molar refractivity (Wildman–Crippen MR) is 147 cm³/mol. The van der Waals surface area contributed by atoms with Crippen molar-refractivity contribution in [1.29, 1.82) is 5.26 Å². The summed E-state index contributed by atoms with van der Waals surface area (Å²) in [5.74, 6) is 0.715. The maximum atomic E-state index is 12.7. The molecule has 2 aromatic rings. The number of nitrogens with zero attached hydrogens (tertiary/aromatic N) is 7. The van der Waals surface area contributed by atoms with Crippen LogP contribution in [-0.2, 0) is 16.0 Å². The Balaban J connectivity index is 1.43. The van der Waals surface area contributed by atoms with E-state index in [0.29, 0.717) is 48.1 Å². The topological polar surface area (TPSA) is 116 Å². The standard InChI is InChI=1S/C28H33N7O3/c1-28(2,3)38-27(36)35(24-18-37-19-24)17-23-8-7-22(16-32-23)31-10-9-25(30-4)21-13-20(14-29)26(33-15-21)34-11-5-6-12-34/h7-10,13,15-16,24H,4-6,11-12,17-19H2,1-3H3/b25-9-,31-10?. The van der Waals surface area contributed by atoms with Gasteiger partial charge in [-0.25, -0.2) is 9.78 Å². The molecule has 4 rings (SSSR count). The van der Waals surface area contributed by atoms with E-state index in [1.165, 1.54) is 0 Å². The lowest BCUT2D eigenvalue weighted by atomic mass is 10.1.